The number of nitrogens with one attached hydrogen (secondary N) is 2. The minimum Gasteiger partial charge on any atom is -0.497 e. The number of benzene rings is 2. The van der Waals surface area contributed by atoms with E-state index < -0.39 is 0 Å². The third-order valence-electron chi connectivity index (χ3n) is 5.47. The van der Waals surface area contributed by atoms with Crippen LogP contribution in [-0.2, 0) is 17.8 Å². The van der Waals surface area contributed by atoms with Gasteiger partial charge in [0.25, 0.3) is 0 Å². The van der Waals surface area contributed by atoms with Gasteiger partial charge in [0, 0.05) is 41.8 Å². The van der Waals surface area contributed by atoms with Gasteiger partial charge in [-0.25, -0.2) is 0 Å². The zero-order chi connectivity index (χ0) is 20.5. The first-order valence-electron chi connectivity index (χ1n) is 9.76. The summed E-state index contributed by atoms with van der Waals surface area (Å²) >= 11 is 0. The standard InChI is InChI=1S/C23H25N3O3/c1-14-4-6-16(7-5-14)24-21(27)13-26-9-8-20-19(12-26)23(28)18-11-17(29-3)10-15(2)22(18)25-20/h4-7,10-11H,8-9,12-13H2,1-3H3,(H,24,27)(H,25,28). The Morgan fingerprint density at radius 3 is 2.69 bits per heavy atom. The summed E-state index contributed by atoms with van der Waals surface area (Å²) in [5.41, 5.74) is 5.49. The maximum atomic E-state index is 13.1. The first kappa shape index (κ1) is 19.2. The summed E-state index contributed by atoms with van der Waals surface area (Å²) in [6, 6.07) is 11.4. The number of nitrogens with zero attached hydrogens (tertiary/aromatic N) is 1. The molecule has 2 heterocycles. The van der Waals surface area contributed by atoms with Crippen LogP contribution < -0.4 is 15.5 Å². The number of amides is 1. The summed E-state index contributed by atoms with van der Waals surface area (Å²) in [4.78, 5) is 31.1. The van der Waals surface area contributed by atoms with Gasteiger partial charge in [0.2, 0.25) is 5.91 Å². The Bertz CT molecular complexity index is 1130. The van der Waals surface area contributed by atoms with Crippen molar-refractivity contribution in [3.63, 3.8) is 0 Å². The minimum atomic E-state index is -0.0768. The van der Waals surface area contributed by atoms with Crippen LogP contribution in [0, 0.1) is 13.8 Å². The van der Waals surface area contributed by atoms with Crippen LogP contribution in [0.15, 0.2) is 41.2 Å². The summed E-state index contributed by atoms with van der Waals surface area (Å²) < 4.78 is 5.32. The monoisotopic (exact) mass is 391 g/mol. The van der Waals surface area contributed by atoms with Crippen molar-refractivity contribution in [1.29, 1.82) is 0 Å². The number of carbonyl (C=O) groups is 1. The van der Waals surface area contributed by atoms with Crippen molar-refractivity contribution in [2.75, 3.05) is 25.5 Å². The van der Waals surface area contributed by atoms with Gasteiger partial charge >= 0.3 is 0 Å². The smallest absolute Gasteiger partial charge is 0.238 e. The maximum Gasteiger partial charge on any atom is 0.238 e. The first-order chi connectivity index (χ1) is 13.9. The van der Waals surface area contributed by atoms with Crippen LogP contribution in [0.1, 0.15) is 22.4 Å². The van der Waals surface area contributed by atoms with E-state index in [4.69, 9.17) is 4.74 Å². The highest BCUT2D eigenvalue weighted by Gasteiger charge is 2.23. The number of pyridine rings is 1. The van der Waals surface area contributed by atoms with Crippen LogP contribution in [0.2, 0.25) is 0 Å². The molecule has 1 amide bonds. The van der Waals surface area contributed by atoms with Gasteiger partial charge in [-0.05, 0) is 43.7 Å². The lowest BCUT2D eigenvalue weighted by atomic mass is 10.0. The predicted molar refractivity (Wildman–Crippen MR) is 115 cm³/mol. The number of hydrogen-bond acceptors (Lipinski definition) is 4. The molecule has 1 aliphatic rings. The zero-order valence-corrected chi connectivity index (χ0v) is 17.0. The van der Waals surface area contributed by atoms with E-state index in [0.29, 0.717) is 24.1 Å². The normalized spacial score (nSPS) is 13.9. The average molecular weight is 391 g/mol. The van der Waals surface area contributed by atoms with Gasteiger partial charge in [0.15, 0.2) is 5.43 Å². The Morgan fingerprint density at radius 1 is 1.21 bits per heavy atom. The molecule has 0 fully saturated rings. The maximum absolute atomic E-state index is 13.1. The molecule has 0 atom stereocenters. The molecule has 1 aromatic heterocycles. The molecule has 150 valence electrons. The van der Waals surface area contributed by atoms with E-state index in [9.17, 15) is 9.59 Å². The van der Waals surface area contributed by atoms with Crippen LogP contribution in [0.5, 0.6) is 5.75 Å². The molecule has 2 aromatic carbocycles. The van der Waals surface area contributed by atoms with Crippen LogP contribution in [0.25, 0.3) is 10.9 Å². The topological polar surface area (TPSA) is 74.4 Å². The fraction of sp³-hybridized carbons (Fsp3) is 0.304. The number of anilines is 1. The minimum absolute atomic E-state index is 0.0133. The highest BCUT2D eigenvalue weighted by Crippen LogP contribution is 2.24. The van der Waals surface area contributed by atoms with Crippen molar-refractivity contribution in [1.82, 2.24) is 9.88 Å². The SMILES string of the molecule is COc1cc(C)c2[nH]c3c(c(=O)c2c1)CN(CC(=O)Nc1ccc(C)cc1)CC3. The Morgan fingerprint density at radius 2 is 1.97 bits per heavy atom. The zero-order valence-electron chi connectivity index (χ0n) is 17.0. The first-order valence-corrected chi connectivity index (χ1v) is 9.76. The summed E-state index contributed by atoms with van der Waals surface area (Å²) in [6.07, 6.45) is 0.712. The number of fused-ring (bicyclic) bond motifs is 2. The second-order valence-corrected chi connectivity index (χ2v) is 7.65. The van der Waals surface area contributed by atoms with Crippen LogP contribution in [-0.4, -0.2) is 36.0 Å². The Hall–Kier alpha value is -3.12. The van der Waals surface area contributed by atoms with E-state index in [1.807, 2.05) is 49.1 Å². The molecule has 4 rings (SSSR count). The number of carbonyl (C=O) groups excluding carboxylic acids is 1. The van der Waals surface area contributed by atoms with Gasteiger partial charge in [0.05, 0.1) is 19.2 Å². The summed E-state index contributed by atoms with van der Waals surface area (Å²) in [5, 5.41) is 3.56. The molecule has 6 heteroatoms. The number of ether oxygens (including phenoxy) is 1. The summed E-state index contributed by atoms with van der Waals surface area (Å²) in [7, 11) is 1.60. The average Bonchev–Trinajstić information content (AvgIpc) is 2.71. The number of aromatic amines is 1. The fourth-order valence-corrected chi connectivity index (χ4v) is 3.87. The molecule has 1 aliphatic heterocycles. The second kappa shape index (κ2) is 7.72. The number of H-pyrrole nitrogens is 1. The van der Waals surface area contributed by atoms with Crippen LogP contribution in [0.4, 0.5) is 5.69 Å². The summed E-state index contributed by atoms with van der Waals surface area (Å²) in [5.74, 6) is 0.595. The molecule has 0 spiro atoms. The highest BCUT2D eigenvalue weighted by atomic mass is 16.5. The molecule has 29 heavy (non-hydrogen) atoms. The fourth-order valence-electron chi connectivity index (χ4n) is 3.87. The van der Waals surface area contributed by atoms with Crippen molar-refractivity contribution in [3.05, 3.63) is 69.0 Å². The molecule has 0 saturated heterocycles. The van der Waals surface area contributed by atoms with Gasteiger partial charge in [-0.1, -0.05) is 17.7 Å². The number of aromatic nitrogens is 1. The molecule has 0 unspecified atom stereocenters. The number of rotatable bonds is 4. The van der Waals surface area contributed by atoms with Gasteiger partial charge in [-0.3, -0.25) is 14.5 Å². The second-order valence-electron chi connectivity index (χ2n) is 7.65. The third-order valence-corrected chi connectivity index (χ3v) is 5.47. The molecule has 0 saturated carbocycles. The van der Waals surface area contributed by atoms with Crippen molar-refractivity contribution in [2.45, 2.75) is 26.8 Å². The van der Waals surface area contributed by atoms with Gasteiger partial charge in [-0.2, -0.15) is 0 Å². The van der Waals surface area contributed by atoms with E-state index in [2.05, 4.69) is 10.3 Å². The molecule has 0 radical (unpaired) electrons. The molecule has 2 N–H and O–H groups in total. The Kier molecular flexibility index (Phi) is 5.11. The molecule has 6 nitrogen and oxygen atoms in total. The van der Waals surface area contributed by atoms with Crippen LogP contribution >= 0.6 is 0 Å². The Labute approximate surface area is 169 Å². The van der Waals surface area contributed by atoms with Gasteiger partial charge in [0.1, 0.15) is 5.75 Å². The van der Waals surface area contributed by atoms with Crippen LogP contribution in [0.3, 0.4) is 0 Å². The molecular weight excluding hydrogens is 366 g/mol. The van der Waals surface area contributed by atoms with Gasteiger partial charge < -0.3 is 15.0 Å². The largest absolute Gasteiger partial charge is 0.497 e. The van der Waals surface area contributed by atoms with E-state index in [1.54, 1.807) is 13.2 Å². The van der Waals surface area contributed by atoms with Crippen molar-refractivity contribution in [2.24, 2.45) is 0 Å². The molecule has 3 aromatic rings. The van der Waals surface area contributed by atoms with E-state index >= 15 is 0 Å². The van der Waals surface area contributed by atoms with Crippen molar-refractivity contribution >= 4 is 22.5 Å². The van der Waals surface area contributed by atoms with E-state index in [0.717, 1.165) is 40.1 Å². The van der Waals surface area contributed by atoms with E-state index in [1.165, 1.54) is 0 Å². The molecule has 0 aliphatic carbocycles. The molecule has 0 bridgehead atoms. The predicted octanol–water partition coefficient (Wildman–Crippen LogP) is 3.15. The van der Waals surface area contributed by atoms with E-state index in [-0.39, 0.29) is 17.9 Å². The lowest BCUT2D eigenvalue weighted by Crippen LogP contribution is -2.39. The van der Waals surface area contributed by atoms with Gasteiger partial charge in [-0.15, -0.1) is 0 Å². The number of hydrogen-bond donors (Lipinski definition) is 2. The molecular formula is C23H25N3O3. The lowest BCUT2D eigenvalue weighted by molar-refractivity contribution is -0.117. The number of methoxy groups -OCH3 is 1. The van der Waals surface area contributed by atoms with Crippen molar-refractivity contribution in [3.8, 4) is 5.75 Å². The quantitative estimate of drug-likeness (QED) is 0.717. The third kappa shape index (κ3) is 3.89. The Balaban J connectivity index is 1.55. The lowest BCUT2D eigenvalue weighted by Gasteiger charge is -2.28. The van der Waals surface area contributed by atoms with Crippen molar-refractivity contribution < 1.29 is 9.53 Å². The summed E-state index contributed by atoms with van der Waals surface area (Å²) in [6.45, 7) is 5.41. The number of aryl methyl sites for hydroxylation is 2. The highest BCUT2D eigenvalue weighted by molar-refractivity contribution is 5.92.